The monoisotopic (exact) mass is 219 g/mol. The molecule has 1 aliphatic carbocycles. The molecule has 1 saturated carbocycles. The van der Waals surface area contributed by atoms with Crippen molar-refractivity contribution >= 4 is 11.7 Å². The Morgan fingerprint density at radius 1 is 1.44 bits per heavy atom. The van der Waals surface area contributed by atoms with Crippen molar-refractivity contribution in [1.29, 1.82) is 0 Å². The van der Waals surface area contributed by atoms with Crippen LogP contribution in [0.2, 0.25) is 0 Å². The minimum Gasteiger partial charge on any atom is -0.462 e. The van der Waals surface area contributed by atoms with Crippen molar-refractivity contribution in [3.8, 4) is 0 Å². The molecule has 0 unspecified atom stereocenters. The maximum Gasteiger partial charge on any atom is 0.338 e. The second kappa shape index (κ2) is 4.56. The van der Waals surface area contributed by atoms with E-state index in [9.17, 15) is 4.79 Å². The maximum absolute atomic E-state index is 11.7. The highest BCUT2D eigenvalue weighted by molar-refractivity contribution is 5.90. The number of benzene rings is 1. The molecule has 0 amide bonds. The van der Waals surface area contributed by atoms with Crippen molar-refractivity contribution in [2.75, 3.05) is 12.3 Å². The fourth-order valence-corrected chi connectivity index (χ4v) is 1.87. The third-order valence-corrected chi connectivity index (χ3v) is 3.01. The highest BCUT2D eigenvalue weighted by atomic mass is 16.5. The zero-order chi connectivity index (χ0) is 11.5. The van der Waals surface area contributed by atoms with Gasteiger partial charge in [-0.15, -0.1) is 0 Å². The summed E-state index contributed by atoms with van der Waals surface area (Å²) < 4.78 is 5.25. The molecular weight excluding hydrogens is 202 g/mol. The first-order valence-electron chi connectivity index (χ1n) is 5.69. The largest absolute Gasteiger partial charge is 0.462 e. The molecular formula is C13H17NO2. The Kier molecular flexibility index (Phi) is 3.13. The summed E-state index contributed by atoms with van der Waals surface area (Å²) in [7, 11) is 0. The summed E-state index contributed by atoms with van der Waals surface area (Å²) in [5.74, 6) is 0.313. The van der Waals surface area contributed by atoms with Crippen molar-refractivity contribution < 1.29 is 9.53 Å². The molecule has 0 radical (unpaired) electrons. The summed E-state index contributed by atoms with van der Waals surface area (Å²) in [5, 5.41) is 0. The zero-order valence-electron chi connectivity index (χ0n) is 9.53. The fraction of sp³-hybridized carbons (Fsp3) is 0.462. The molecule has 3 heteroatoms. The quantitative estimate of drug-likeness (QED) is 0.627. The first-order valence-corrected chi connectivity index (χ1v) is 5.69. The van der Waals surface area contributed by atoms with Crippen LogP contribution in [0.5, 0.6) is 0 Å². The van der Waals surface area contributed by atoms with E-state index in [4.69, 9.17) is 10.5 Å². The van der Waals surface area contributed by atoms with Gasteiger partial charge in [-0.25, -0.2) is 4.79 Å². The van der Waals surface area contributed by atoms with E-state index in [-0.39, 0.29) is 5.97 Å². The van der Waals surface area contributed by atoms with E-state index in [1.165, 1.54) is 19.3 Å². The molecule has 2 N–H and O–H groups in total. The van der Waals surface area contributed by atoms with E-state index < -0.39 is 0 Å². The Morgan fingerprint density at radius 2 is 2.19 bits per heavy atom. The Morgan fingerprint density at radius 3 is 2.75 bits per heavy atom. The van der Waals surface area contributed by atoms with E-state index in [2.05, 4.69) is 0 Å². The third-order valence-electron chi connectivity index (χ3n) is 3.01. The number of aryl methyl sites for hydroxylation is 1. The first kappa shape index (κ1) is 11.0. The van der Waals surface area contributed by atoms with Crippen LogP contribution >= 0.6 is 0 Å². The maximum atomic E-state index is 11.7. The summed E-state index contributed by atoms with van der Waals surface area (Å²) in [6.45, 7) is 2.46. The van der Waals surface area contributed by atoms with Crippen LogP contribution in [0.15, 0.2) is 18.2 Å². The number of hydrogen-bond donors (Lipinski definition) is 1. The number of rotatable bonds is 3. The van der Waals surface area contributed by atoms with E-state index in [1.807, 2.05) is 13.0 Å². The van der Waals surface area contributed by atoms with Crippen molar-refractivity contribution in [2.24, 2.45) is 5.92 Å². The van der Waals surface area contributed by atoms with Crippen LogP contribution in [0.4, 0.5) is 5.69 Å². The molecule has 0 saturated heterocycles. The summed E-state index contributed by atoms with van der Waals surface area (Å²) in [6, 6.07) is 5.30. The van der Waals surface area contributed by atoms with Gasteiger partial charge in [0.25, 0.3) is 0 Å². The van der Waals surface area contributed by atoms with E-state index >= 15 is 0 Å². The van der Waals surface area contributed by atoms with Crippen LogP contribution in [0.3, 0.4) is 0 Å². The minimum atomic E-state index is -0.262. The fourth-order valence-electron chi connectivity index (χ4n) is 1.87. The summed E-state index contributed by atoms with van der Waals surface area (Å²) in [4.78, 5) is 11.7. The molecule has 1 aromatic rings. The molecule has 86 valence electrons. The predicted octanol–water partition coefficient (Wildman–Crippen LogP) is 2.53. The van der Waals surface area contributed by atoms with Crippen LogP contribution in [0.1, 0.15) is 35.2 Å². The SMILES string of the molecule is Cc1cc(N)cc(C(=O)OCC2CCC2)c1. The lowest BCUT2D eigenvalue weighted by atomic mass is 9.86. The second-order valence-corrected chi connectivity index (χ2v) is 4.53. The molecule has 1 fully saturated rings. The molecule has 0 aliphatic heterocycles. The van der Waals surface area contributed by atoms with Crippen molar-refractivity contribution in [3.63, 3.8) is 0 Å². The summed E-state index contributed by atoms with van der Waals surface area (Å²) in [6.07, 6.45) is 3.63. The van der Waals surface area contributed by atoms with Crippen molar-refractivity contribution in [2.45, 2.75) is 26.2 Å². The molecule has 16 heavy (non-hydrogen) atoms. The van der Waals surface area contributed by atoms with Gasteiger partial charge in [-0.1, -0.05) is 6.42 Å². The van der Waals surface area contributed by atoms with E-state index in [1.54, 1.807) is 12.1 Å². The van der Waals surface area contributed by atoms with Gasteiger partial charge >= 0.3 is 5.97 Å². The number of anilines is 1. The molecule has 2 rings (SSSR count). The lowest BCUT2D eigenvalue weighted by molar-refractivity contribution is 0.0371. The number of carbonyl (C=O) groups is 1. The number of carbonyl (C=O) groups excluding carboxylic acids is 1. The number of ether oxygens (including phenoxy) is 1. The highest BCUT2D eigenvalue weighted by Crippen LogP contribution is 2.26. The third kappa shape index (κ3) is 2.54. The Hall–Kier alpha value is -1.51. The van der Waals surface area contributed by atoms with Crippen LogP contribution in [-0.2, 0) is 4.74 Å². The van der Waals surface area contributed by atoms with Crippen molar-refractivity contribution in [3.05, 3.63) is 29.3 Å². The van der Waals surface area contributed by atoms with Crippen LogP contribution in [0.25, 0.3) is 0 Å². The number of nitrogen functional groups attached to an aromatic ring is 1. The Labute approximate surface area is 95.6 Å². The van der Waals surface area contributed by atoms with Gasteiger partial charge < -0.3 is 10.5 Å². The molecule has 0 heterocycles. The average Bonchev–Trinajstić information content (AvgIpc) is 2.13. The lowest BCUT2D eigenvalue weighted by Gasteiger charge is -2.24. The lowest BCUT2D eigenvalue weighted by Crippen LogP contribution is -2.20. The topological polar surface area (TPSA) is 52.3 Å². The Balaban J connectivity index is 1.96. The molecule has 0 bridgehead atoms. The van der Waals surface area contributed by atoms with Gasteiger partial charge in [-0.05, 0) is 49.4 Å². The summed E-state index contributed by atoms with van der Waals surface area (Å²) >= 11 is 0. The van der Waals surface area contributed by atoms with Gasteiger partial charge in [0.05, 0.1) is 12.2 Å². The zero-order valence-corrected chi connectivity index (χ0v) is 9.53. The minimum absolute atomic E-state index is 0.262. The Bertz CT molecular complexity index is 377. The number of esters is 1. The molecule has 0 aromatic heterocycles. The van der Waals surface area contributed by atoms with Crippen LogP contribution in [0, 0.1) is 12.8 Å². The smallest absolute Gasteiger partial charge is 0.338 e. The predicted molar refractivity (Wildman–Crippen MR) is 63.2 cm³/mol. The highest BCUT2D eigenvalue weighted by Gasteiger charge is 2.19. The number of nitrogens with two attached hydrogens (primary N) is 1. The molecule has 3 nitrogen and oxygen atoms in total. The standard InChI is InChI=1S/C13H17NO2/c1-9-5-11(7-12(14)6-9)13(15)16-8-10-3-2-4-10/h5-7,10H,2-4,8,14H2,1H3. The van der Waals surface area contributed by atoms with Gasteiger partial charge in [0, 0.05) is 5.69 Å². The van der Waals surface area contributed by atoms with Gasteiger partial charge in [-0.3, -0.25) is 0 Å². The second-order valence-electron chi connectivity index (χ2n) is 4.53. The van der Waals surface area contributed by atoms with Gasteiger partial charge in [-0.2, -0.15) is 0 Å². The van der Waals surface area contributed by atoms with Crippen molar-refractivity contribution in [1.82, 2.24) is 0 Å². The van der Waals surface area contributed by atoms with E-state index in [0.29, 0.717) is 23.8 Å². The van der Waals surface area contributed by atoms with Gasteiger partial charge in [0.1, 0.15) is 0 Å². The normalized spacial score (nSPS) is 15.6. The van der Waals surface area contributed by atoms with E-state index in [0.717, 1.165) is 5.56 Å². The molecule has 1 aliphatic rings. The molecule has 1 aromatic carbocycles. The van der Waals surface area contributed by atoms with Gasteiger partial charge in [0.15, 0.2) is 0 Å². The molecule has 0 spiro atoms. The van der Waals surface area contributed by atoms with Gasteiger partial charge in [0.2, 0.25) is 0 Å². The van der Waals surface area contributed by atoms with Crippen LogP contribution < -0.4 is 5.73 Å². The van der Waals surface area contributed by atoms with Crippen LogP contribution in [-0.4, -0.2) is 12.6 Å². The average molecular weight is 219 g/mol. The molecule has 0 atom stereocenters. The first-order chi connectivity index (χ1) is 7.65. The number of hydrogen-bond acceptors (Lipinski definition) is 3. The summed E-state index contributed by atoms with van der Waals surface area (Å²) in [5.41, 5.74) is 7.82.